The summed E-state index contributed by atoms with van der Waals surface area (Å²) in [4.78, 5) is 0. The van der Waals surface area contributed by atoms with E-state index in [-0.39, 0.29) is 0 Å². The van der Waals surface area contributed by atoms with Gasteiger partial charge in [0.05, 0.1) is 11.0 Å². The van der Waals surface area contributed by atoms with Crippen molar-refractivity contribution in [1.29, 1.82) is 0 Å². The van der Waals surface area contributed by atoms with Crippen molar-refractivity contribution in [1.82, 2.24) is 24.2 Å². The zero-order chi connectivity index (χ0) is 12.1. The summed E-state index contributed by atoms with van der Waals surface area (Å²) >= 11 is 0. The van der Waals surface area contributed by atoms with Crippen LogP contribution in [0.25, 0.3) is 22.1 Å². The van der Waals surface area contributed by atoms with Crippen molar-refractivity contribution in [3.8, 4) is 0 Å². The molecule has 0 radical (unpaired) electrons. The number of rotatable bonds is 1. The van der Waals surface area contributed by atoms with Gasteiger partial charge in [0, 0.05) is 11.8 Å². The Morgan fingerprint density at radius 3 is 2.89 bits per heavy atom. The monoisotopic (exact) mass is 237 g/mol. The van der Waals surface area contributed by atoms with Crippen LogP contribution in [0.15, 0.2) is 36.7 Å². The lowest BCUT2D eigenvalue weighted by Crippen LogP contribution is -2.00. The number of hydrogen-bond acceptors (Lipinski definition) is 3. The first-order valence-corrected chi connectivity index (χ1v) is 5.97. The van der Waals surface area contributed by atoms with Crippen molar-refractivity contribution in [2.24, 2.45) is 0 Å². The molecule has 1 aromatic carbocycles. The van der Waals surface area contributed by atoms with E-state index in [9.17, 15) is 0 Å². The molecule has 0 amide bonds. The van der Waals surface area contributed by atoms with Crippen molar-refractivity contribution in [2.75, 3.05) is 0 Å². The zero-order valence-corrected chi connectivity index (χ0v) is 9.91. The number of aryl methyl sites for hydroxylation is 1. The lowest BCUT2D eigenvalue weighted by molar-refractivity contribution is 0.807. The van der Waals surface area contributed by atoms with E-state index < -0.39 is 0 Å². The number of para-hydroxylation sites is 1. The lowest BCUT2D eigenvalue weighted by Gasteiger charge is -1.98. The fourth-order valence-electron chi connectivity index (χ4n) is 2.39. The second-order valence-corrected chi connectivity index (χ2v) is 4.29. The van der Waals surface area contributed by atoms with E-state index in [1.807, 2.05) is 23.0 Å². The van der Waals surface area contributed by atoms with Gasteiger partial charge in [-0.15, -0.1) is 10.2 Å². The highest BCUT2D eigenvalue weighted by atomic mass is 15.4. The third kappa shape index (κ3) is 1.08. The summed E-state index contributed by atoms with van der Waals surface area (Å²) in [5, 5.41) is 14.0. The molecule has 0 aliphatic rings. The van der Waals surface area contributed by atoms with Crippen molar-refractivity contribution >= 4 is 22.1 Å². The zero-order valence-electron chi connectivity index (χ0n) is 9.91. The highest BCUT2D eigenvalue weighted by Gasteiger charge is 2.11. The molecule has 3 heterocycles. The molecule has 3 aromatic heterocycles. The van der Waals surface area contributed by atoms with E-state index in [0.29, 0.717) is 0 Å². The molecule has 0 atom stereocenters. The Morgan fingerprint density at radius 2 is 2.00 bits per heavy atom. The van der Waals surface area contributed by atoms with Gasteiger partial charge in [0.2, 0.25) is 5.65 Å². The molecule has 4 aromatic rings. The quantitative estimate of drug-likeness (QED) is 0.509. The Kier molecular flexibility index (Phi) is 1.75. The molecule has 0 aliphatic heterocycles. The summed E-state index contributed by atoms with van der Waals surface area (Å²) in [6.45, 7) is 2.05. The molecular formula is C13H11N5. The van der Waals surface area contributed by atoms with E-state index in [1.165, 1.54) is 5.39 Å². The number of benzene rings is 1. The van der Waals surface area contributed by atoms with Gasteiger partial charge >= 0.3 is 0 Å². The van der Waals surface area contributed by atoms with Crippen LogP contribution in [-0.2, 0) is 6.42 Å². The molecule has 18 heavy (non-hydrogen) atoms. The summed E-state index contributed by atoms with van der Waals surface area (Å²) in [7, 11) is 0. The molecule has 5 nitrogen and oxygen atoms in total. The Morgan fingerprint density at radius 1 is 1.11 bits per heavy atom. The number of nitrogens with zero attached hydrogens (tertiary/aromatic N) is 5. The number of aromatic nitrogens is 5. The fraction of sp³-hybridized carbons (Fsp3) is 0.154. The molecule has 0 N–H and O–H groups in total. The van der Waals surface area contributed by atoms with Crippen LogP contribution in [0.4, 0.5) is 0 Å². The van der Waals surface area contributed by atoms with Crippen LogP contribution in [0.2, 0.25) is 0 Å². The van der Waals surface area contributed by atoms with Gasteiger partial charge in [-0.2, -0.15) is 9.61 Å². The minimum Gasteiger partial charge on any atom is -0.295 e. The summed E-state index contributed by atoms with van der Waals surface area (Å²) in [5.41, 5.74) is 2.99. The van der Waals surface area contributed by atoms with Crippen LogP contribution >= 0.6 is 0 Å². The molecule has 0 saturated carbocycles. The Labute approximate surface area is 103 Å². The van der Waals surface area contributed by atoms with Crippen LogP contribution in [0.5, 0.6) is 0 Å². The predicted molar refractivity (Wildman–Crippen MR) is 68.6 cm³/mol. The first-order valence-electron chi connectivity index (χ1n) is 5.97. The molecule has 0 aliphatic carbocycles. The minimum absolute atomic E-state index is 0.811. The van der Waals surface area contributed by atoms with E-state index in [2.05, 4.69) is 44.8 Å². The summed E-state index contributed by atoms with van der Waals surface area (Å²) in [5.74, 6) is 0.887. The summed E-state index contributed by atoms with van der Waals surface area (Å²) < 4.78 is 3.87. The third-order valence-corrected chi connectivity index (χ3v) is 3.28. The Hall–Kier alpha value is -2.43. The van der Waals surface area contributed by atoms with E-state index in [0.717, 1.165) is 28.9 Å². The normalized spacial score (nSPS) is 11.8. The largest absolute Gasteiger partial charge is 0.295 e. The molecule has 0 fully saturated rings. The van der Waals surface area contributed by atoms with Gasteiger partial charge < -0.3 is 0 Å². The average Bonchev–Trinajstić information content (AvgIpc) is 2.99. The molecule has 0 spiro atoms. The first kappa shape index (κ1) is 9.58. The maximum Gasteiger partial charge on any atom is 0.201 e. The van der Waals surface area contributed by atoms with E-state index in [4.69, 9.17) is 0 Å². The van der Waals surface area contributed by atoms with Crippen LogP contribution < -0.4 is 0 Å². The minimum atomic E-state index is 0.811. The van der Waals surface area contributed by atoms with Gasteiger partial charge in [0.15, 0.2) is 5.82 Å². The average molecular weight is 237 g/mol. The topological polar surface area (TPSA) is 47.5 Å². The number of fused-ring (bicyclic) bond motifs is 5. The molecule has 4 rings (SSSR count). The highest BCUT2D eigenvalue weighted by Crippen LogP contribution is 2.21. The Bertz CT molecular complexity index is 871. The molecule has 5 heteroatoms. The second kappa shape index (κ2) is 3.29. The van der Waals surface area contributed by atoms with Gasteiger partial charge in [0.1, 0.15) is 6.33 Å². The van der Waals surface area contributed by atoms with Crippen LogP contribution in [-0.4, -0.2) is 24.2 Å². The Balaban J connectivity index is 2.25. The van der Waals surface area contributed by atoms with Crippen LogP contribution in [0.1, 0.15) is 12.7 Å². The van der Waals surface area contributed by atoms with Gasteiger partial charge in [-0.25, -0.2) is 0 Å². The smallest absolute Gasteiger partial charge is 0.201 e. The van der Waals surface area contributed by atoms with Crippen LogP contribution in [0, 0.1) is 0 Å². The maximum absolute atomic E-state index is 4.42. The van der Waals surface area contributed by atoms with Crippen molar-refractivity contribution in [3.63, 3.8) is 0 Å². The molecule has 88 valence electrons. The molecule has 0 saturated heterocycles. The molecule has 0 unspecified atom stereocenters. The maximum atomic E-state index is 4.42. The fourth-order valence-corrected chi connectivity index (χ4v) is 2.39. The summed E-state index contributed by atoms with van der Waals surface area (Å²) in [6, 6.07) is 10.4. The summed E-state index contributed by atoms with van der Waals surface area (Å²) in [6.07, 6.45) is 2.65. The second-order valence-electron chi connectivity index (χ2n) is 4.29. The van der Waals surface area contributed by atoms with Crippen LogP contribution in [0.3, 0.4) is 0 Å². The third-order valence-electron chi connectivity index (χ3n) is 3.28. The molecular weight excluding hydrogens is 226 g/mol. The molecule has 0 bridgehead atoms. The number of hydrogen-bond donors (Lipinski definition) is 0. The first-order chi connectivity index (χ1) is 8.88. The van der Waals surface area contributed by atoms with Gasteiger partial charge in [-0.3, -0.25) is 4.40 Å². The van der Waals surface area contributed by atoms with Crippen molar-refractivity contribution < 1.29 is 0 Å². The van der Waals surface area contributed by atoms with E-state index in [1.54, 1.807) is 0 Å². The lowest BCUT2D eigenvalue weighted by atomic mass is 10.2. The van der Waals surface area contributed by atoms with Crippen molar-refractivity contribution in [2.45, 2.75) is 13.3 Å². The van der Waals surface area contributed by atoms with E-state index >= 15 is 0 Å². The standard InChI is InChI=1S/C13H11N5/c1-2-12-15-16-13-11-7-9-5-3-4-6-10(9)17(11)8-14-18(12)13/h3-8H,2H2,1H3. The predicted octanol–water partition coefficient (Wildman–Crippen LogP) is 2.09. The SMILES string of the molecule is CCc1nnc2c3cc4ccccc4n3cnn12. The van der Waals surface area contributed by atoms with Gasteiger partial charge in [-0.1, -0.05) is 25.1 Å². The van der Waals surface area contributed by atoms with Crippen molar-refractivity contribution in [3.05, 3.63) is 42.5 Å². The van der Waals surface area contributed by atoms with Gasteiger partial charge in [-0.05, 0) is 12.1 Å². The highest BCUT2D eigenvalue weighted by molar-refractivity contribution is 5.91. The van der Waals surface area contributed by atoms with Gasteiger partial charge in [0.25, 0.3) is 0 Å².